The molecule has 5 N–H and O–H groups in total. The standard InChI is InChI=1S/C43H66O15/c1-20-38(49)32(55-23(4)44)18-37(52-20)58-40-22(3)54-36(17-31(40)46)57-39-21(2)53-35(16-30(39)45)56-26-14-25-7-8-29-28(42(25,6)33(47)15-26)9-11-41(5)27(10-12-43(29,41)50)24-13-34(48)51-19-24/h13,20-22,25-33,35-40,45-47,49-50H,7-12,14-19H2,1-6H3/t20-,21-,22-,25?,26?,27?,28+,29-,30+,31+,32+,33?,35+,36+,37+,38-,39-,40-,41?,42?,43?/m1/s1. The lowest BCUT2D eigenvalue weighted by Gasteiger charge is -2.64. The highest BCUT2D eigenvalue weighted by atomic mass is 16.7. The summed E-state index contributed by atoms with van der Waals surface area (Å²) in [5.74, 6) is -0.246. The number of carbonyl (C=O) groups is 2. The first-order chi connectivity index (χ1) is 27.4. The molecule has 8 rings (SSSR count). The van der Waals surface area contributed by atoms with Crippen molar-refractivity contribution < 1.29 is 73.0 Å². The highest BCUT2D eigenvalue weighted by molar-refractivity contribution is 5.85. The van der Waals surface area contributed by atoms with Crippen LogP contribution in [0.15, 0.2) is 11.6 Å². The Labute approximate surface area is 341 Å². The highest BCUT2D eigenvalue weighted by Crippen LogP contribution is 2.70. The second-order valence-electron chi connectivity index (χ2n) is 19.4. The van der Waals surface area contributed by atoms with Gasteiger partial charge >= 0.3 is 11.9 Å². The Hall–Kier alpha value is -1.76. The molecule has 15 heteroatoms. The minimum absolute atomic E-state index is 0.0659. The van der Waals surface area contributed by atoms with E-state index in [9.17, 15) is 35.1 Å². The van der Waals surface area contributed by atoms with Gasteiger partial charge in [-0.25, -0.2) is 4.79 Å². The maximum Gasteiger partial charge on any atom is 0.331 e. The van der Waals surface area contributed by atoms with Crippen LogP contribution in [-0.4, -0.2) is 136 Å². The Balaban J connectivity index is 0.834. The predicted octanol–water partition coefficient (Wildman–Crippen LogP) is 2.79. The number of hydrogen-bond acceptors (Lipinski definition) is 15. The van der Waals surface area contributed by atoms with E-state index in [-0.39, 0.29) is 65.8 Å². The second kappa shape index (κ2) is 16.2. The monoisotopic (exact) mass is 822 g/mol. The van der Waals surface area contributed by atoms with Crippen molar-refractivity contribution in [3.8, 4) is 0 Å². The first-order valence-electron chi connectivity index (χ1n) is 21.8. The van der Waals surface area contributed by atoms with Crippen molar-refractivity contribution in [1.82, 2.24) is 0 Å². The zero-order valence-electron chi connectivity index (χ0n) is 34.8. The number of esters is 2. The molecule has 21 atom stereocenters. The number of aliphatic hydroxyl groups is 5. The van der Waals surface area contributed by atoms with Gasteiger partial charge in [-0.1, -0.05) is 13.8 Å². The molecule has 0 aromatic rings. The predicted molar refractivity (Wildman–Crippen MR) is 202 cm³/mol. The number of fused-ring (bicyclic) bond motifs is 5. The molecule has 4 aliphatic heterocycles. The molecular formula is C43H66O15. The van der Waals surface area contributed by atoms with E-state index in [2.05, 4.69) is 13.8 Å². The summed E-state index contributed by atoms with van der Waals surface area (Å²) >= 11 is 0. The summed E-state index contributed by atoms with van der Waals surface area (Å²) in [6.45, 7) is 11.2. The van der Waals surface area contributed by atoms with Crippen molar-refractivity contribution in [3.05, 3.63) is 11.6 Å². The van der Waals surface area contributed by atoms with Crippen molar-refractivity contribution >= 4 is 11.9 Å². The first kappa shape index (κ1) is 42.9. The molecule has 4 heterocycles. The van der Waals surface area contributed by atoms with Crippen molar-refractivity contribution in [1.29, 1.82) is 0 Å². The summed E-state index contributed by atoms with van der Waals surface area (Å²) in [5, 5.41) is 57.4. The molecule has 0 radical (unpaired) electrons. The van der Waals surface area contributed by atoms with Crippen LogP contribution in [0.1, 0.15) is 112 Å². The van der Waals surface area contributed by atoms with E-state index >= 15 is 0 Å². The van der Waals surface area contributed by atoms with Gasteiger partial charge in [0.05, 0.1) is 48.3 Å². The molecular weight excluding hydrogens is 756 g/mol. The van der Waals surface area contributed by atoms with E-state index in [1.54, 1.807) is 19.9 Å². The molecule has 4 saturated carbocycles. The number of hydrogen-bond donors (Lipinski definition) is 5. The minimum Gasteiger partial charge on any atom is -0.459 e. The van der Waals surface area contributed by atoms with Crippen LogP contribution < -0.4 is 0 Å². The lowest BCUT2D eigenvalue weighted by molar-refractivity contribution is -0.337. The van der Waals surface area contributed by atoms with Gasteiger partial charge in [-0.3, -0.25) is 4.79 Å². The van der Waals surface area contributed by atoms with Crippen LogP contribution in [0.3, 0.4) is 0 Å². The fourth-order valence-corrected chi connectivity index (χ4v) is 13.1. The van der Waals surface area contributed by atoms with E-state index in [0.717, 1.165) is 44.1 Å². The number of aliphatic hydroxyl groups excluding tert-OH is 4. The summed E-state index contributed by atoms with van der Waals surface area (Å²) in [4.78, 5) is 23.5. The molecule has 0 spiro atoms. The SMILES string of the molecule is CC(=O)O[C@H]1C[C@H](O[C@H]2[C@@H](O)C[C@H](O[C@H]3[C@@H](O)C[C@H](OC4CC(O)C5(C)C(CC[C@@H]6[C@@H]5CCC5(C)C(C7=CC(=O)OC7)CCC65O)C4)O[C@@H]3C)O[C@@H]2C)O[C@H](C)[C@H]1O. The van der Waals surface area contributed by atoms with E-state index in [1.807, 2.05) is 6.92 Å². The maximum atomic E-state index is 12.6. The Morgan fingerprint density at radius 2 is 1.38 bits per heavy atom. The third kappa shape index (κ3) is 7.49. The molecule has 328 valence electrons. The molecule has 0 bridgehead atoms. The van der Waals surface area contributed by atoms with Gasteiger partial charge in [0, 0.05) is 44.1 Å². The average molecular weight is 823 g/mol. The fourth-order valence-electron chi connectivity index (χ4n) is 13.1. The van der Waals surface area contributed by atoms with Crippen molar-refractivity contribution in [3.63, 3.8) is 0 Å². The van der Waals surface area contributed by atoms with Crippen LogP contribution >= 0.6 is 0 Å². The van der Waals surface area contributed by atoms with Crippen molar-refractivity contribution in [2.24, 2.45) is 34.5 Å². The zero-order chi connectivity index (χ0) is 41.5. The molecule has 4 aliphatic carbocycles. The zero-order valence-corrected chi connectivity index (χ0v) is 34.8. The Kier molecular flexibility index (Phi) is 12.0. The summed E-state index contributed by atoms with van der Waals surface area (Å²) in [7, 11) is 0. The molecule has 7 unspecified atom stereocenters. The lowest BCUT2D eigenvalue weighted by atomic mass is 9.42. The van der Waals surface area contributed by atoms with Gasteiger partial charge < -0.3 is 63.4 Å². The molecule has 58 heavy (non-hydrogen) atoms. The van der Waals surface area contributed by atoms with Crippen LogP contribution in [0.5, 0.6) is 0 Å². The van der Waals surface area contributed by atoms with Crippen LogP contribution in [0.25, 0.3) is 0 Å². The van der Waals surface area contributed by atoms with Crippen LogP contribution in [0, 0.1) is 34.5 Å². The third-order valence-electron chi connectivity index (χ3n) is 16.3. The molecule has 8 aliphatic rings. The number of carbonyl (C=O) groups excluding carboxylic acids is 2. The average Bonchev–Trinajstić information content (AvgIpc) is 3.69. The smallest absolute Gasteiger partial charge is 0.331 e. The topological polar surface area (TPSA) is 209 Å². The Bertz CT molecular complexity index is 1530. The van der Waals surface area contributed by atoms with Gasteiger partial charge in [0.15, 0.2) is 18.9 Å². The maximum absolute atomic E-state index is 12.6. The van der Waals surface area contributed by atoms with Gasteiger partial charge in [-0.15, -0.1) is 0 Å². The molecule has 7 fully saturated rings. The summed E-state index contributed by atoms with van der Waals surface area (Å²) < 4.78 is 47.6. The van der Waals surface area contributed by atoms with Gasteiger partial charge in [0.1, 0.15) is 31.0 Å². The van der Waals surface area contributed by atoms with Crippen LogP contribution in [0.4, 0.5) is 0 Å². The third-order valence-corrected chi connectivity index (χ3v) is 16.3. The summed E-state index contributed by atoms with van der Waals surface area (Å²) in [6, 6.07) is 0. The summed E-state index contributed by atoms with van der Waals surface area (Å²) in [6.07, 6.45) is -2.18. The molecule has 0 amide bonds. The van der Waals surface area contributed by atoms with E-state index < -0.39 is 91.5 Å². The van der Waals surface area contributed by atoms with Crippen molar-refractivity contribution in [2.75, 3.05) is 6.61 Å². The number of rotatable bonds is 8. The normalized spacial score (nSPS) is 53.2. The fraction of sp³-hybridized carbons (Fsp3) is 0.907. The minimum atomic E-state index is -1.00. The molecule has 15 nitrogen and oxygen atoms in total. The van der Waals surface area contributed by atoms with Gasteiger partial charge in [0.2, 0.25) is 0 Å². The van der Waals surface area contributed by atoms with E-state index in [4.69, 9.17) is 37.9 Å². The van der Waals surface area contributed by atoms with Gasteiger partial charge in [-0.05, 0) is 100 Å². The Morgan fingerprint density at radius 1 is 0.759 bits per heavy atom. The lowest BCUT2D eigenvalue weighted by Crippen LogP contribution is -2.65. The van der Waals surface area contributed by atoms with Crippen LogP contribution in [-0.2, 0) is 47.5 Å². The first-order valence-corrected chi connectivity index (χ1v) is 21.8. The van der Waals surface area contributed by atoms with Gasteiger partial charge in [0.25, 0.3) is 0 Å². The number of ether oxygens (including phenoxy) is 8. The van der Waals surface area contributed by atoms with Crippen LogP contribution in [0.2, 0.25) is 0 Å². The number of cyclic esters (lactones) is 1. The molecule has 3 saturated heterocycles. The Morgan fingerprint density at radius 3 is 1.98 bits per heavy atom. The second-order valence-corrected chi connectivity index (χ2v) is 19.4. The van der Waals surface area contributed by atoms with E-state index in [1.165, 1.54) is 6.92 Å². The van der Waals surface area contributed by atoms with Crippen molar-refractivity contribution in [2.45, 2.75) is 204 Å². The summed E-state index contributed by atoms with van der Waals surface area (Å²) in [5.41, 5.74) is -0.565. The quantitative estimate of drug-likeness (QED) is 0.176. The molecule has 0 aromatic carbocycles. The largest absolute Gasteiger partial charge is 0.459 e. The molecule has 0 aromatic heterocycles. The van der Waals surface area contributed by atoms with Gasteiger partial charge in [-0.2, -0.15) is 0 Å². The van der Waals surface area contributed by atoms with E-state index in [0.29, 0.717) is 19.4 Å². The highest BCUT2D eigenvalue weighted by Gasteiger charge is 2.69.